The fourth-order valence-electron chi connectivity index (χ4n) is 2.29. The third-order valence-electron chi connectivity index (χ3n) is 3.52. The number of carboxylic acid groups (broad SMARTS) is 1. The average Bonchev–Trinajstić information content (AvgIpc) is 2.52. The predicted molar refractivity (Wildman–Crippen MR) is 85.0 cm³/mol. The van der Waals surface area contributed by atoms with E-state index in [-0.39, 0.29) is 18.5 Å². The Kier molecular flexibility index (Phi) is 5.30. The number of benzene rings is 1. The van der Waals surface area contributed by atoms with Gasteiger partial charge in [0.1, 0.15) is 0 Å². The zero-order valence-corrected chi connectivity index (χ0v) is 12.7. The van der Waals surface area contributed by atoms with Crippen molar-refractivity contribution < 1.29 is 14.7 Å². The van der Waals surface area contributed by atoms with Gasteiger partial charge in [0.25, 0.3) is 5.56 Å². The Balaban J connectivity index is 2.03. The minimum atomic E-state index is -1.13. The van der Waals surface area contributed by atoms with Crippen LogP contribution >= 0.6 is 0 Å². The van der Waals surface area contributed by atoms with Crippen LogP contribution in [-0.4, -0.2) is 21.6 Å². The minimum absolute atomic E-state index is 0.0291. The lowest BCUT2D eigenvalue weighted by molar-refractivity contribution is -0.142. The van der Waals surface area contributed by atoms with Crippen LogP contribution < -0.4 is 10.9 Å². The van der Waals surface area contributed by atoms with E-state index >= 15 is 0 Å². The summed E-state index contributed by atoms with van der Waals surface area (Å²) in [7, 11) is 0. The van der Waals surface area contributed by atoms with Gasteiger partial charge in [0, 0.05) is 24.7 Å². The fourth-order valence-corrected chi connectivity index (χ4v) is 2.29. The maximum atomic E-state index is 12.0. The van der Waals surface area contributed by atoms with Gasteiger partial charge >= 0.3 is 5.97 Å². The first-order valence-corrected chi connectivity index (χ1v) is 7.22. The summed E-state index contributed by atoms with van der Waals surface area (Å²) in [6, 6.07) is 12.2. The van der Waals surface area contributed by atoms with Crippen molar-refractivity contribution in [3.8, 4) is 0 Å². The second-order valence-corrected chi connectivity index (χ2v) is 5.16. The predicted octanol–water partition coefficient (Wildman–Crippen LogP) is 1.49. The lowest BCUT2D eigenvalue weighted by atomic mass is 10.1. The highest BCUT2D eigenvalue weighted by Crippen LogP contribution is 2.12. The summed E-state index contributed by atoms with van der Waals surface area (Å²) < 4.78 is 1.48. The Morgan fingerprint density at radius 1 is 1.13 bits per heavy atom. The first-order chi connectivity index (χ1) is 11.0. The number of aromatic nitrogens is 1. The molecule has 6 heteroatoms. The molecule has 1 aromatic carbocycles. The van der Waals surface area contributed by atoms with Gasteiger partial charge in [-0.2, -0.15) is 0 Å². The molecule has 1 aromatic heterocycles. The molecule has 0 aliphatic heterocycles. The largest absolute Gasteiger partial charge is 0.479 e. The Morgan fingerprint density at radius 2 is 1.83 bits per heavy atom. The topological polar surface area (TPSA) is 88.4 Å². The van der Waals surface area contributed by atoms with Gasteiger partial charge in [-0.1, -0.05) is 36.4 Å². The van der Waals surface area contributed by atoms with Gasteiger partial charge in [0.05, 0.1) is 0 Å². The molecule has 2 rings (SSSR count). The van der Waals surface area contributed by atoms with E-state index in [4.69, 9.17) is 0 Å². The summed E-state index contributed by atoms with van der Waals surface area (Å²) in [5, 5.41) is 11.8. The number of carbonyl (C=O) groups excluding carboxylic acids is 1. The molecular formula is C17H18N2O4. The van der Waals surface area contributed by atoms with E-state index < -0.39 is 17.9 Å². The van der Waals surface area contributed by atoms with Gasteiger partial charge in [-0.3, -0.25) is 9.59 Å². The summed E-state index contributed by atoms with van der Waals surface area (Å²) in [5.74, 6) is -1.55. The number of amides is 1. The normalized spacial score (nSPS) is 11.7. The van der Waals surface area contributed by atoms with Crippen LogP contribution in [0.5, 0.6) is 0 Å². The fraction of sp³-hybridized carbons (Fsp3) is 0.235. The molecule has 0 spiro atoms. The van der Waals surface area contributed by atoms with Crippen molar-refractivity contribution in [3.63, 3.8) is 0 Å². The molecule has 0 fully saturated rings. The van der Waals surface area contributed by atoms with Crippen molar-refractivity contribution in [1.82, 2.24) is 9.88 Å². The molecule has 2 aromatic rings. The third-order valence-corrected chi connectivity index (χ3v) is 3.52. The van der Waals surface area contributed by atoms with Crippen molar-refractivity contribution >= 4 is 11.9 Å². The number of nitrogens with one attached hydrogen (secondary N) is 1. The van der Waals surface area contributed by atoms with Crippen LogP contribution in [0.25, 0.3) is 0 Å². The number of aryl methyl sites for hydroxylation is 1. The van der Waals surface area contributed by atoms with E-state index in [2.05, 4.69) is 5.32 Å². The molecule has 1 amide bonds. The van der Waals surface area contributed by atoms with Crippen LogP contribution in [0.1, 0.15) is 23.7 Å². The van der Waals surface area contributed by atoms with Gasteiger partial charge in [-0.05, 0) is 18.6 Å². The Labute approximate surface area is 133 Å². The smallest absolute Gasteiger partial charge is 0.330 e. The van der Waals surface area contributed by atoms with E-state index in [1.165, 1.54) is 10.6 Å². The maximum absolute atomic E-state index is 12.0. The molecule has 0 aliphatic carbocycles. The number of rotatable bonds is 6. The first-order valence-electron chi connectivity index (χ1n) is 7.22. The second kappa shape index (κ2) is 7.40. The zero-order valence-electron chi connectivity index (χ0n) is 12.7. The van der Waals surface area contributed by atoms with Gasteiger partial charge in [0.2, 0.25) is 5.91 Å². The molecule has 0 aliphatic rings. The molecule has 0 saturated carbocycles. The van der Waals surface area contributed by atoms with Gasteiger partial charge < -0.3 is 15.0 Å². The minimum Gasteiger partial charge on any atom is -0.479 e. The van der Waals surface area contributed by atoms with E-state index in [1.807, 2.05) is 0 Å². The van der Waals surface area contributed by atoms with E-state index in [0.717, 1.165) is 5.69 Å². The average molecular weight is 314 g/mol. The molecule has 0 radical (unpaired) electrons. The molecule has 1 atom stereocenters. The highest BCUT2D eigenvalue weighted by molar-refractivity contribution is 5.84. The van der Waals surface area contributed by atoms with Crippen LogP contribution in [-0.2, 0) is 16.1 Å². The zero-order chi connectivity index (χ0) is 16.8. The quantitative estimate of drug-likeness (QED) is 0.845. The van der Waals surface area contributed by atoms with E-state index in [0.29, 0.717) is 5.56 Å². The lowest BCUT2D eigenvalue weighted by Gasteiger charge is -2.15. The number of hydrogen-bond donors (Lipinski definition) is 2. The molecule has 1 unspecified atom stereocenters. The summed E-state index contributed by atoms with van der Waals surface area (Å²) in [6.07, 6.45) is 0.0291. The first kappa shape index (κ1) is 16.5. The molecule has 2 N–H and O–H groups in total. The Bertz CT molecular complexity index is 753. The molecule has 6 nitrogen and oxygen atoms in total. The van der Waals surface area contributed by atoms with Crippen molar-refractivity contribution in [2.24, 2.45) is 0 Å². The number of carbonyl (C=O) groups is 2. The van der Waals surface area contributed by atoms with Gasteiger partial charge in [-0.25, -0.2) is 4.79 Å². The standard InChI is InChI=1S/C17H18N2O4/c1-12-6-5-9-15(21)19(12)11-10-14(20)18-16(17(22)23)13-7-3-2-4-8-13/h2-9,16H,10-11H2,1H3,(H,18,20)(H,22,23). The van der Waals surface area contributed by atoms with Gasteiger partial charge in [0.15, 0.2) is 6.04 Å². The highest BCUT2D eigenvalue weighted by atomic mass is 16.4. The van der Waals surface area contributed by atoms with Crippen molar-refractivity contribution in [1.29, 1.82) is 0 Å². The van der Waals surface area contributed by atoms with Crippen LogP contribution in [0, 0.1) is 6.92 Å². The molecule has 0 saturated heterocycles. The van der Waals surface area contributed by atoms with E-state index in [9.17, 15) is 19.5 Å². The third kappa shape index (κ3) is 4.29. The monoisotopic (exact) mass is 314 g/mol. The lowest BCUT2D eigenvalue weighted by Crippen LogP contribution is -2.35. The molecule has 0 bridgehead atoms. The number of nitrogens with zero attached hydrogens (tertiary/aromatic N) is 1. The number of pyridine rings is 1. The molecule has 120 valence electrons. The van der Waals surface area contributed by atoms with Crippen LogP contribution in [0.4, 0.5) is 0 Å². The summed E-state index contributed by atoms with van der Waals surface area (Å²) in [6.45, 7) is 1.99. The van der Waals surface area contributed by atoms with Crippen molar-refractivity contribution in [2.75, 3.05) is 0 Å². The van der Waals surface area contributed by atoms with Crippen molar-refractivity contribution in [3.05, 3.63) is 70.1 Å². The van der Waals surface area contributed by atoms with Crippen LogP contribution in [0.2, 0.25) is 0 Å². The van der Waals surface area contributed by atoms with Crippen molar-refractivity contribution in [2.45, 2.75) is 25.9 Å². The number of hydrogen-bond acceptors (Lipinski definition) is 3. The van der Waals surface area contributed by atoms with Crippen LogP contribution in [0.3, 0.4) is 0 Å². The second-order valence-electron chi connectivity index (χ2n) is 5.16. The highest BCUT2D eigenvalue weighted by Gasteiger charge is 2.21. The summed E-state index contributed by atoms with van der Waals surface area (Å²) in [5.41, 5.74) is 1.07. The molecular weight excluding hydrogens is 296 g/mol. The Morgan fingerprint density at radius 3 is 2.43 bits per heavy atom. The molecule has 23 heavy (non-hydrogen) atoms. The van der Waals surface area contributed by atoms with Crippen LogP contribution in [0.15, 0.2) is 53.3 Å². The summed E-state index contributed by atoms with van der Waals surface area (Å²) in [4.78, 5) is 35.1. The van der Waals surface area contributed by atoms with E-state index in [1.54, 1.807) is 49.4 Å². The van der Waals surface area contributed by atoms with Gasteiger partial charge in [-0.15, -0.1) is 0 Å². The Hall–Kier alpha value is -2.89. The SMILES string of the molecule is Cc1cccc(=O)n1CCC(=O)NC(C(=O)O)c1ccccc1. The number of carboxylic acids is 1. The summed E-state index contributed by atoms with van der Waals surface area (Å²) >= 11 is 0. The molecule has 1 heterocycles. The number of aliphatic carboxylic acids is 1. The maximum Gasteiger partial charge on any atom is 0.330 e.